The molecule has 0 spiro atoms. The first kappa shape index (κ1) is 23.5. The molecular weight excluding hydrogens is 481 g/mol. The van der Waals surface area contributed by atoms with Crippen LogP contribution >= 0.6 is 11.6 Å². The van der Waals surface area contributed by atoms with Gasteiger partial charge in [-0.2, -0.15) is 0 Å². The number of amides is 1. The van der Waals surface area contributed by atoms with Crippen molar-refractivity contribution in [3.05, 3.63) is 95.7 Å². The minimum atomic E-state index is -3.92. The molecule has 34 heavy (non-hydrogen) atoms. The molecule has 1 aromatic heterocycles. The SMILES string of the molecule is O=C(CCc1ncc(-c2ccccc2F)o1)Nc1cccc(S(=O)(=O)Nc2ccccc2Cl)c1. The molecule has 7 nitrogen and oxygen atoms in total. The van der Waals surface area contributed by atoms with E-state index < -0.39 is 15.8 Å². The number of anilines is 2. The van der Waals surface area contributed by atoms with Crippen LogP contribution in [0.2, 0.25) is 5.02 Å². The van der Waals surface area contributed by atoms with Gasteiger partial charge in [0.15, 0.2) is 11.7 Å². The number of halogens is 2. The number of oxazole rings is 1. The summed E-state index contributed by atoms with van der Waals surface area (Å²) in [5.74, 6) is -0.229. The number of para-hydroxylation sites is 1. The van der Waals surface area contributed by atoms with Crippen LogP contribution in [0.15, 0.2) is 88.3 Å². The van der Waals surface area contributed by atoms with Gasteiger partial charge in [0.25, 0.3) is 10.0 Å². The van der Waals surface area contributed by atoms with Crippen molar-refractivity contribution in [2.24, 2.45) is 0 Å². The van der Waals surface area contributed by atoms with Crippen molar-refractivity contribution in [3.63, 3.8) is 0 Å². The quantitative estimate of drug-likeness (QED) is 0.333. The van der Waals surface area contributed by atoms with E-state index in [1.165, 1.54) is 30.5 Å². The van der Waals surface area contributed by atoms with Crippen LogP contribution in [0.4, 0.5) is 15.8 Å². The minimum Gasteiger partial charge on any atom is -0.441 e. The third-order valence-corrected chi connectivity index (χ3v) is 6.50. The number of aromatic nitrogens is 1. The Bertz CT molecular complexity index is 1440. The summed E-state index contributed by atoms with van der Waals surface area (Å²) >= 11 is 6.03. The Balaban J connectivity index is 1.38. The molecule has 0 saturated heterocycles. The van der Waals surface area contributed by atoms with Crippen LogP contribution in [0.3, 0.4) is 0 Å². The van der Waals surface area contributed by atoms with Crippen LogP contribution in [0.1, 0.15) is 12.3 Å². The van der Waals surface area contributed by atoms with Crippen molar-refractivity contribution in [1.29, 1.82) is 0 Å². The number of hydrogen-bond donors (Lipinski definition) is 2. The van der Waals surface area contributed by atoms with Crippen molar-refractivity contribution < 1.29 is 22.0 Å². The molecule has 0 radical (unpaired) electrons. The summed E-state index contributed by atoms with van der Waals surface area (Å²) in [5, 5.41) is 2.92. The third kappa shape index (κ3) is 5.62. The molecule has 0 unspecified atom stereocenters. The topological polar surface area (TPSA) is 101 Å². The number of rotatable bonds is 8. The number of benzene rings is 3. The van der Waals surface area contributed by atoms with Gasteiger partial charge in [0.1, 0.15) is 5.82 Å². The van der Waals surface area contributed by atoms with E-state index >= 15 is 0 Å². The van der Waals surface area contributed by atoms with E-state index in [0.717, 1.165) is 0 Å². The van der Waals surface area contributed by atoms with Crippen molar-refractivity contribution in [2.45, 2.75) is 17.7 Å². The minimum absolute atomic E-state index is 0.0338. The zero-order valence-corrected chi connectivity index (χ0v) is 19.2. The Morgan fingerprint density at radius 3 is 2.59 bits per heavy atom. The molecule has 4 aromatic rings. The lowest BCUT2D eigenvalue weighted by atomic mass is 10.2. The molecule has 0 fully saturated rings. The maximum absolute atomic E-state index is 13.9. The van der Waals surface area contributed by atoms with Crippen LogP contribution in [0, 0.1) is 5.82 Å². The predicted octanol–water partition coefficient (Wildman–Crippen LogP) is 5.51. The Morgan fingerprint density at radius 2 is 1.79 bits per heavy atom. The van der Waals surface area contributed by atoms with Gasteiger partial charge in [-0.25, -0.2) is 17.8 Å². The molecule has 4 rings (SSSR count). The smallest absolute Gasteiger partial charge is 0.262 e. The van der Waals surface area contributed by atoms with Gasteiger partial charge in [-0.1, -0.05) is 41.9 Å². The molecule has 0 aliphatic heterocycles. The largest absolute Gasteiger partial charge is 0.441 e. The molecular formula is C24H19ClFN3O4S. The van der Waals surface area contributed by atoms with E-state index in [1.807, 2.05) is 0 Å². The number of nitrogens with one attached hydrogen (secondary N) is 2. The van der Waals surface area contributed by atoms with Crippen molar-refractivity contribution in [2.75, 3.05) is 10.0 Å². The third-order valence-electron chi connectivity index (χ3n) is 4.81. The maximum Gasteiger partial charge on any atom is 0.262 e. The molecule has 0 bridgehead atoms. The van der Waals surface area contributed by atoms with Crippen LogP contribution in [0.5, 0.6) is 0 Å². The number of sulfonamides is 1. The highest BCUT2D eigenvalue weighted by molar-refractivity contribution is 7.92. The van der Waals surface area contributed by atoms with Gasteiger partial charge in [0.2, 0.25) is 5.91 Å². The molecule has 174 valence electrons. The molecule has 2 N–H and O–H groups in total. The van der Waals surface area contributed by atoms with Crippen molar-refractivity contribution in [3.8, 4) is 11.3 Å². The summed E-state index contributed by atoms with van der Waals surface area (Å²) in [7, 11) is -3.92. The highest BCUT2D eigenvalue weighted by Crippen LogP contribution is 2.26. The Morgan fingerprint density at radius 1 is 1.03 bits per heavy atom. The van der Waals surface area contributed by atoms with Gasteiger partial charge in [-0.05, 0) is 42.5 Å². The molecule has 0 aliphatic rings. The van der Waals surface area contributed by atoms with Crippen LogP contribution in [-0.4, -0.2) is 19.3 Å². The van der Waals surface area contributed by atoms with Crippen molar-refractivity contribution in [1.82, 2.24) is 4.98 Å². The second-order valence-electron chi connectivity index (χ2n) is 7.26. The Kier molecular flexibility index (Phi) is 6.95. The Hall–Kier alpha value is -3.69. The first-order valence-electron chi connectivity index (χ1n) is 10.2. The molecule has 3 aromatic carbocycles. The van der Waals surface area contributed by atoms with Crippen LogP contribution in [0.25, 0.3) is 11.3 Å². The highest BCUT2D eigenvalue weighted by Gasteiger charge is 2.17. The molecule has 1 amide bonds. The van der Waals surface area contributed by atoms with Gasteiger partial charge >= 0.3 is 0 Å². The van der Waals surface area contributed by atoms with Gasteiger partial charge in [-0.3, -0.25) is 9.52 Å². The van der Waals surface area contributed by atoms with Crippen LogP contribution in [-0.2, 0) is 21.2 Å². The maximum atomic E-state index is 13.9. The second-order valence-corrected chi connectivity index (χ2v) is 9.35. The molecule has 0 aliphatic carbocycles. The van der Waals surface area contributed by atoms with E-state index in [9.17, 15) is 17.6 Å². The summed E-state index contributed by atoms with van der Waals surface area (Å²) in [4.78, 5) is 16.4. The summed E-state index contributed by atoms with van der Waals surface area (Å²) in [5.41, 5.74) is 0.847. The van der Waals surface area contributed by atoms with Gasteiger partial charge in [0, 0.05) is 18.5 Å². The average molecular weight is 500 g/mol. The number of carbonyl (C=O) groups excluding carboxylic acids is 1. The number of hydrogen-bond acceptors (Lipinski definition) is 5. The summed E-state index contributed by atoms with van der Waals surface area (Å²) in [6.07, 6.45) is 1.63. The summed E-state index contributed by atoms with van der Waals surface area (Å²) in [6.45, 7) is 0. The standard InChI is InChI=1S/C24H19ClFN3O4S/c25-19-9-2-4-11-21(19)29-34(31,32)17-7-5-6-16(14-17)28-23(30)12-13-24-27-15-22(33-24)18-8-1-3-10-20(18)26/h1-11,14-15,29H,12-13H2,(H,28,30). The number of nitrogens with zero attached hydrogens (tertiary/aromatic N) is 1. The summed E-state index contributed by atoms with van der Waals surface area (Å²) in [6, 6.07) is 18.5. The highest BCUT2D eigenvalue weighted by atomic mass is 35.5. The number of carbonyl (C=O) groups is 1. The molecule has 10 heteroatoms. The van der Waals surface area contributed by atoms with Gasteiger partial charge in [-0.15, -0.1) is 0 Å². The lowest BCUT2D eigenvalue weighted by Crippen LogP contribution is -2.15. The lowest BCUT2D eigenvalue weighted by molar-refractivity contribution is -0.116. The molecule has 0 atom stereocenters. The van der Waals surface area contributed by atoms with E-state index in [-0.39, 0.29) is 51.6 Å². The van der Waals surface area contributed by atoms with Crippen molar-refractivity contribution >= 4 is 38.9 Å². The first-order valence-corrected chi connectivity index (χ1v) is 12.0. The predicted molar refractivity (Wildman–Crippen MR) is 128 cm³/mol. The van der Waals surface area contributed by atoms with E-state index in [0.29, 0.717) is 5.69 Å². The zero-order valence-electron chi connectivity index (χ0n) is 17.7. The van der Waals surface area contributed by atoms with Gasteiger partial charge in [0.05, 0.1) is 27.4 Å². The van der Waals surface area contributed by atoms with Gasteiger partial charge < -0.3 is 9.73 Å². The van der Waals surface area contributed by atoms with E-state index in [1.54, 1.807) is 48.5 Å². The fourth-order valence-electron chi connectivity index (χ4n) is 3.14. The zero-order chi connectivity index (χ0) is 24.1. The first-order chi connectivity index (χ1) is 16.3. The molecule has 1 heterocycles. The molecule has 0 saturated carbocycles. The van der Waals surface area contributed by atoms with E-state index in [2.05, 4.69) is 15.0 Å². The average Bonchev–Trinajstić information content (AvgIpc) is 3.28. The second kappa shape index (κ2) is 10.1. The fraction of sp³-hybridized carbons (Fsp3) is 0.0833. The van der Waals surface area contributed by atoms with E-state index in [4.69, 9.17) is 16.0 Å². The normalized spacial score (nSPS) is 11.2. The lowest BCUT2D eigenvalue weighted by Gasteiger charge is -2.11. The fourth-order valence-corrected chi connectivity index (χ4v) is 4.51. The monoisotopic (exact) mass is 499 g/mol. The van der Waals surface area contributed by atoms with Crippen LogP contribution < -0.4 is 10.0 Å². The Labute approximate surface area is 200 Å². The number of aryl methyl sites for hydroxylation is 1. The summed E-state index contributed by atoms with van der Waals surface area (Å²) < 4.78 is 47.3.